The van der Waals surface area contributed by atoms with Crippen LogP contribution in [0.25, 0.3) is 0 Å². The van der Waals surface area contributed by atoms with E-state index in [4.69, 9.17) is 18.9 Å². The highest BCUT2D eigenvalue weighted by atomic mass is 16.6. The van der Waals surface area contributed by atoms with E-state index < -0.39 is 17.5 Å². The third-order valence-electron chi connectivity index (χ3n) is 5.63. The van der Waals surface area contributed by atoms with Crippen molar-refractivity contribution >= 4 is 11.9 Å². The quantitative estimate of drug-likeness (QED) is 0.338. The molecule has 0 spiro atoms. The van der Waals surface area contributed by atoms with Gasteiger partial charge in [-0.3, -0.25) is 0 Å². The molecular weight excluding hydrogens is 432 g/mol. The number of aryl methyl sites for hydroxylation is 2. The first-order valence-electron chi connectivity index (χ1n) is 11.9. The summed E-state index contributed by atoms with van der Waals surface area (Å²) >= 11 is 0. The van der Waals surface area contributed by atoms with Crippen LogP contribution in [0.3, 0.4) is 0 Å². The first-order valence-corrected chi connectivity index (χ1v) is 11.9. The molecule has 0 aliphatic carbocycles. The molecule has 6 heteroatoms. The van der Waals surface area contributed by atoms with E-state index in [2.05, 4.69) is 32.9 Å². The molecule has 0 atom stereocenters. The fourth-order valence-corrected chi connectivity index (χ4v) is 3.79. The monoisotopic (exact) mass is 470 g/mol. The molecule has 0 heterocycles. The number of ether oxygens (including phenoxy) is 4. The average molecular weight is 471 g/mol. The minimum atomic E-state index is -2.03. The summed E-state index contributed by atoms with van der Waals surface area (Å²) in [6, 6.07) is 11.1. The Bertz CT molecular complexity index is 961. The molecule has 0 unspecified atom stereocenters. The van der Waals surface area contributed by atoms with Gasteiger partial charge in [-0.25, -0.2) is 9.59 Å². The fourth-order valence-electron chi connectivity index (χ4n) is 3.79. The Morgan fingerprint density at radius 2 is 1.29 bits per heavy atom. The summed E-state index contributed by atoms with van der Waals surface area (Å²) in [5, 5.41) is 0. The normalized spacial score (nSPS) is 11.6. The van der Waals surface area contributed by atoms with Gasteiger partial charge in [0.25, 0.3) is 0 Å². The Balaban J connectivity index is 2.70. The highest BCUT2D eigenvalue weighted by Gasteiger charge is 2.53. The zero-order chi connectivity index (χ0) is 25.5. The SMILES string of the molecule is CCOC(=O)C(Cc1c(C)cc(C(C)(C)C)cc1C)(Oc1ccccc1OCC)C(=O)OCC. The van der Waals surface area contributed by atoms with Crippen molar-refractivity contribution in [2.75, 3.05) is 19.8 Å². The van der Waals surface area contributed by atoms with Gasteiger partial charge in [-0.15, -0.1) is 0 Å². The van der Waals surface area contributed by atoms with E-state index in [1.807, 2.05) is 20.8 Å². The van der Waals surface area contributed by atoms with Gasteiger partial charge in [-0.05, 0) is 74.4 Å². The van der Waals surface area contributed by atoms with Gasteiger partial charge >= 0.3 is 17.5 Å². The van der Waals surface area contributed by atoms with Crippen molar-refractivity contribution in [1.29, 1.82) is 0 Å². The van der Waals surface area contributed by atoms with Gasteiger partial charge in [0.15, 0.2) is 11.5 Å². The van der Waals surface area contributed by atoms with Crippen molar-refractivity contribution < 1.29 is 28.5 Å². The summed E-state index contributed by atoms with van der Waals surface area (Å²) in [6.45, 7) is 16.2. The number of carbonyl (C=O) groups excluding carboxylic acids is 2. The van der Waals surface area contributed by atoms with Gasteiger partial charge in [0.05, 0.1) is 19.8 Å². The molecule has 0 saturated carbocycles. The standard InChI is InChI=1S/C28H38O6/c1-9-31-23-14-12-13-15-24(23)34-28(25(29)32-10-2,26(30)33-11-3)18-22-19(4)16-21(17-20(22)5)27(6,7)8/h12-17H,9-11,18H2,1-8H3. The Hall–Kier alpha value is -3.02. The molecule has 0 fully saturated rings. The lowest BCUT2D eigenvalue weighted by molar-refractivity contribution is -0.179. The summed E-state index contributed by atoms with van der Waals surface area (Å²) in [5.41, 5.74) is 1.86. The van der Waals surface area contributed by atoms with Crippen LogP contribution >= 0.6 is 0 Å². The summed E-state index contributed by atoms with van der Waals surface area (Å²) in [5.74, 6) is -0.886. The lowest BCUT2D eigenvalue weighted by Crippen LogP contribution is -2.55. The third kappa shape index (κ3) is 6.10. The summed E-state index contributed by atoms with van der Waals surface area (Å²) in [6.07, 6.45) is -0.0345. The maximum Gasteiger partial charge on any atom is 0.362 e. The van der Waals surface area contributed by atoms with Crippen LogP contribution < -0.4 is 9.47 Å². The molecular formula is C28H38O6. The van der Waals surface area contributed by atoms with Crippen LogP contribution in [-0.4, -0.2) is 37.4 Å². The van der Waals surface area contributed by atoms with Gasteiger partial charge in [-0.2, -0.15) is 0 Å². The number of esters is 2. The largest absolute Gasteiger partial charge is 0.490 e. The van der Waals surface area contributed by atoms with Crippen LogP contribution in [-0.2, 0) is 30.9 Å². The molecule has 6 nitrogen and oxygen atoms in total. The number of carbonyl (C=O) groups is 2. The fraction of sp³-hybridized carbons (Fsp3) is 0.500. The molecule has 186 valence electrons. The Morgan fingerprint density at radius 3 is 1.74 bits per heavy atom. The van der Waals surface area contributed by atoms with Crippen molar-refractivity contribution in [3.8, 4) is 11.5 Å². The first kappa shape index (κ1) is 27.2. The molecule has 0 aliphatic heterocycles. The molecule has 2 rings (SSSR count). The summed E-state index contributed by atoms with van der Waals surface area (Å²) < 4.78 is 22.7. The van der Waals surface area contributed by atoms with Crippen LogP contribution in [0.1, 0.15) is 63.8 Å². The lowest BCUT2D eigenvalue weighted by atomic mass is 9.81. The van der Waals surface area contributed by atoms with E-state index >= 15 is 0 Å². The third-order valence-corrected chi connectivity index (χ3v) is 5.63. The van der Waals surface area contributed by atoms with E-state index in [-0.39, 0.29) is 30.8 Å². The molecule has 34 heavy (non-hydrogen) atoms. The van der Waals surface area contributed by atoms with Crippen LogP contribution in [0.5, 0.6) is 11.5 Å². The Kier molecular flexibility index (Phi) is 9.14. The zero-order valence-corrected chi connectivity index (χ0v) is 21.7. The molecule has 2 aromatic rings. The molecule has 0 saturated heterocycles. The second-order valence-corrected chi connectivity index (χ2v) is 9.27. The van der Waals surface area contributed by atoms with Crippen LogP contribution in [0, 0.1) is 13.8 Å². The van der Waals surface area contributed by atoms with E-state index in [1.165, 1.54) is 5.56 Å². The highest BCUT2D eigenvalue weighted by Crippen LogP contribution is 2.35. The molecule has 0 amide bonds. The van der Waals surface area contributed by atoms with Crippen molar-refractivity contribution in [3.63, 3.8) is 0 Å². The number of benzene rings is 2. The predicted molar refractivity (Wildman–Crippen MR) is 133 cm³/mol. The number of hydrogen-bond donors (Lipinski definition) is 0. The second kappa shape index (κ2) is 11.4. The molecule has 2 aromatic carbocycles. The molecule has 0 aromatic heterocycles. The van der Waals surface area contributed by atoms with Crippen LogP contribution in [0.2, 0.25) is 0 Å². The van der Waals surface area contributed by atoms with Gasteiger partial charge in [0.2, 0.25) is 0 Å². The minimum Gasteiger partial charge on any atom is -0.490 e. The molecule has 0 bridgehead atoms. The van der Waals surface area contributed by atoms with Gasteiger partial charge < -0.3 is 18.9 Å². The minimum absolute atomic E-state index is 0.0345. The van der Waals surface area contributed by atoms with Crippen LogP contribution in [0.4, 0.5) is 0 Å². The van der Waals surface area contributed by atoms with Gasteiger partial charge in [-0.1, -0.05) is 45.0 Å². The van der Waals surface area contributed by atoms with Crippen molar-refractivity contribution in [1.82, 2.24) is 0 Å². The van der Waals surface area contributed by atoms with E-state index in [9.17, 15) is 9.59 Å². The van der Waals surface area contributed by atoms with Crippen molar-refractivity contribution in [2.45, 2.75) is 72.8 Å². The Morgan fingerprint density at radius 1 is 0.794 bits per heavy atom. The number of para-hydroxylation sites is 2. The van der Waals surface area contributed by atoms with Crippen LogP contribution in [0.15, 0.2) is 36.4 Å². The topological polar surface area (TPSA) is 71.1 Å². The lowest BCUT2D eigenvalue weighted by Gasteiger charge is -2.32. The average Bonchev–Trinajstić information content (AvgIpc) is 2.76. The van der Waals surface area contributed by atoms with E-state index in [0.29, 0.717) is 12.4 Å². The molecule has 0 N–H and O–H groups in total. The van der Waals surface area contributed by atoms with Crippen molar-refractivity contribution in [2.24, 2.45) is 0 Å². The summed E-state index contributed by atoms with van der Waals surface area (Å²) in [4.78, 5) is 26.8. The maximum absolute atomic E-state index is 13.4. The van der Waals surface area contributed by atoms with E-state index in [0.717, 1.165) is 16.7 Å². The summed E-state index contributed by atoms with van der Waals surface area (Å²) in [7, 11) is 0. The number of rotatable bonds is 10. The first-order chi connectivity index (χ1) is 16.0. The van der Waals surface area contributed by atoms with Crippen molar-refractivity contribution in [3.05, 3.63) is 58.7 Å². The number of hydrogen-bond acceptors (Lipinski definition) is 6. The Labute approximate surface area is 203 Å². The zero-order valence-electron chi connectivity index (χ0n) is 21.7. The highest BCUT2D eigenvalue weighted by molar-refractivity contribution is 6.04. The second-order valence-electron chi connectivity index (χ2n) is 9.27. The predicted octanol–water partition coefficient (Wildman–Crippen LogP) is 5.49. The smallest absolute Gasteiger partial charge is 0.362 e. The van der Waals surface area contributed by atoms with Gasteiger partial charge in [0, 0.05) is 6.42 Å². The van der Waals surface area contributed by atoms with Gasteiger partial charge in [0.1, 0.15) is 0 Å². The molecule has 0 radical (unpaired) electrons. The van der Waals surface area contributed by atoms with E-state index in [1.54, 1.807) is 38.1 Å². The molecule has 0 aliphatic rings. The maximum atomic E-state index is 13.4.